The van der Waals surface area contributed by atoms with Gasteiger partial charge in [-0.2, -0.15) is 0 Å². The molecule has 0 aromatic rings. The van der Waals surface area contributed by atoms with Gasteiger partial charge in [-0.15, -0.1) is 0 Å². The van der Waals surface area contributed by atoms with E-state index in [2.05, 4.69) is 0 Å². The van der Waals surface area contributed by atoms with Gasteiger partial charge in [-0.05, 0) is 20.8 Å². The summed E-state index contributed by atoms with van der Waals surface area (Å²) in [5.41, 5.74) is 0. The van der Waals surface area contributed by atoms with Crippen LogP contribution in [0.4, 0.5) is 0 Å². The molecule has 0 amide bonds. The van der Waals surface area contributed by atoms with E-state index >= 15 is 0 Å². The third-order valence-corrected chi connectivity index (χ3v) is 1.43. The van der Waals surface area contributed by atoms with Crippen LogP contribution in [-0.2, 0) is 9.47 Å². The standard InChI is InChI=1S/C8H18O4/c1-4-11-8(12-5-2)7(10)6(3)9/h6-10H,4-5H2,1-3H3/t6-,7-/m0/s1. The first-order chi connectivity index (χ1) is 5.63. The van der Waals surface area contributed by atoms with Gasteiger partial charge >= 0.3 is 0 Å². The van der Waals surface area contributed by atoms with E-state index in [1.165, 1.54) is 6.92 Å². The molecule has 0 aliphatic heterocycles. The molecule has 0 spiro atoms. The van der Waals surface area contributed by atoms with Crippen LogP contribution < -0.4 is 0 Å². The summed E-state index contributed by atoms with van der Waals surface area (Å²) in [5.74, 6) is 0. The number of aliphatic hydroxyl groups is 2. The van der Waals surface area contributed by atoms with E-state index < -0.39 is 18.5 Å². The van der Waals surface area contributed by atoms with E-state index in [9.17, 15) is 5.11 Å². The summed E-state index contributed by atoms with van der Waals surface area (Å²) in [5, 5.41) is 18.4. The molecule has 0 fully saturated rings. The van der Waals surface area contributed by atoms with Crippen molar-refractivity contribution in [3.05, 3.63) is 0 Å². The summed E-state index contributed by atoms with van der Waals surface area (Å²) < 4.78 is 10.1. The van der Waals surface area contributed by atoms with Crippen LogP contribution in [-0.4, -0.2) is 41.9 Å². The largest absolute Gasteiger partial charge is 0.391 e. The fourth-order valence-corrected chi connectivity index (χ4v) is 0.801. The number of hydrogen-bond donors (Lipinski definition) is 2. The second-order valence-corrected chi connectivity index (χ2v) is 2.51. The minimum atomic E-state index is -0.982. The number of ether oxygens (including phenoxy) is 2. The molecule has 0 saturated heterocycles. The first kappa shape index (κ1) is 11.8. The number of hydrogen-bond acceptors (Lipinski definition) is 4. The monoisotopic (exact) mass is 178 g/mol. The molecular weight excluding hydrogens is 160 g/mol. The van der Waals surface area contributed by atoms with E-state index in [1.807, 2.05) is 0 Å². The molecule has 0 rings (SSSR count). The van der Waals surface area contributed by atoms with Crippen LogP contribution in [0.2, 0.25) is 0 Å². The molecule has 0 radical (unpaired) electrons. The van der Waals surface area contributed by atoms with Gasteiger partial charge in [-0.25, -0.2) is 0 Å². The highest BCUT2D eigenvalue weighted by Gasteiger charge is 2.23. The lowest BCUT2D eigenvalue weighted by molar-refractivity contribution is -0.209. The van der Waals surface area contributed by atoms with Gasteiger partial charge < -0.3 is 19.7 Å². The van der Waals surface area contributed by atoms with Crippen molar-refractivity contribution in [3.8, 4) is 0 Å². The van der Waals surface area contributed by atoms with Crippen molar-refractivity contribution in [1.82, 2.24) is 0 Å². The van der Waals surface area contributed by atoms with Crippen LogP contribution in [0.1, 0.15) is 20.8 Å². The SMILES string of the molecule is CCOC(OCC)[C@@H](O)[C@H](C)O. The van der Waals surface area contributed by atoms with Crippen LogP contribution in [0.25, 0.3) is 0 Å². The third kappa shape index (κ3) is 4.01. The quantitative estimate of drug-likeness (QED) is 0.567. The molecule has 0 aromatic heterocycles. The van der Waals surface area contributed by atoms with E-state index in [-0.39, 0.29) is 0 Å². The Morgan fingerprint density at radius 2 is 1.50 bits per heavy atom. The van der Waals surface area contributed by atoms with Crippen molar-refractivity contribution >= 4 is 0 Å². The first-order valence-electron chi connectivity index (χ1n) is 4.22. The van der Waals surface area contributed by atoms with Gasteiger partial charge in [0.25, 0.3) is 0 Å². The van der Waals surface area contributed by atoms with E-state index in [0.717, 1.165) is 0 Å². The summed E-state index contributed by atoms with van der Waals surface area (Å²) in [6.07, 6.45) is -2.54. The molecule has 0 saturated carbocycles. The van der Waals surface area contributed by atoms with Crippen molar-refractivity contribution < 1.29 is 19.7 Å². The third-order valence-electron chi connectivity index (χ3n) is 1.43. The van der Waals surface area contributed by atoms with Crippen LogP contribution in [0, 0.1) is 0 Å². The van der Waals surface area contributed by atoms with Gasteiger partial charge in [0.2, 0.25) is 0 Å². The predicted molar refractivity (Wildman–Crippen MR) is 44.7 cm³/mol. The molecule has 0 aromatic carbocycles. The second kappa shape index (κ2) is 6.37. The molecule has 2 N–H and O–H groups in total. The Morgan fingerprint density at radius 1 is 1.08 bits per heavy atom. The second-order valence-electron chi connectivity index (χ2n) is 2.51. The van der Waals surface area contributed by atoms with Crippen molar-refractivity contribution in [2.24, 2.45) is 0 Å². The normalized spacial score (nSPS) is 16.5. The zero-order valence-electron chi connectivity index (χ0n) is 7.86. The first-order valence-corrected chi connectivity index (χ1v) is 4.22. The number of aliphatic hydroxyl groups excluding tert-OH is 2. The highest BCUT2D eigenvalue weighted by atomic mass is 16.7. The molecule has 74 valence electrons. The Bertz CT molecular complexity index is 99.2. The lowest BCUT2D eigenvalue weighted by Crippen LogP contribution is -2.39. The molecule has 0 bridgehead atoms. The molecule has 0 heterocycles. The summed E-state index contributed by atoms with van der Waals surface area (Å²) >= 11 is 0. The van der Waals surface area contributed by atoms with Crippen molar-refractivity contribution in [3.63, 3.8) is 0 Å². The summed E-state index contributed by atoms with van der Waals surface area (Å²) in [6, 6.07) is 0. The maximum atomic E-state index is 9.35. The molecule has 12 heavy (non-hydrogen) atoms. The van der Waals surface area contributed by atoms with Gasteiger partial charge in [0, 0.05) is 13.2 Å². The molecule has 4 heteroatoms. The van der Waals surface area contributed by atoms with Gasteiger partial charge in [0.1, 0.15) is 6.10 Å². The average Bonchev–Trinajstić information content (AvgIpc) is 2.03. The zero-order chi connectivity index (χ0) is 9.56. The minimum Gasteiger partial charge on any atom is -0.391 e. The van der Waals surface area contributed by atoms with Gasteiger partial charge in [-0.1, -0.05) is 0 Å². The maximum Gasteiger partial charge on any atom is 0.185 e. The van der Waals surface area contributed by atoms with Crippen molar-refractivity contribution in [1.29, 1.82) is 0 Å². The molecule has 0 aliphatic rings. The Hall–Kier alpha value is -0.160. The lowest BCUT2D eigenvalue weighted by Gasteiger charge is -2.24. The van der Waals surface area contributed by atoms with E-state index in [1.54, 1.807) is 13.8 Å². The molecular formula is C8H18O4. The van der Waals surface area contributed by atoms with Gasteiger partial charge in [0.15, 0.2) is 6.29 Å². The highest BCUT2D eigenvalue weighted by molar-refractivity contribution is 4.65. The molecule has 2 atom stereocenters. The minimum absolute atomic E-state index is 0.453. The predicted octanol–water partition coefficient (Wildman–Crippen LogP) is 0.127. The fourth-order valence-electron chi connectivity index (χ4n) is 0.801. The number of rotatable bonds is 6. The van der Waals surface area contributed by atoms with Crippen LogP contribution >= 0.6 is 0 Å². The lowest BCUT2D eigenvalue weighted by atomic mass is 10.2. The zero-order valence-corrected chi connectivity index (χ0v) is 7.86. The average molecular weight is 178 g/mol. The van der Waals surface area contributed by atoms with Gasteiger partial charge in [0.05, 0.1) is 6.10 Å². The summed E-state index contributed by atoms with van der Waals surface area (Å²) in [4.78, 5) is 0. The van der Waals surface area contributed by atoms with Gasteiger partial charge in [-0.3, -0.25) is 0 Å². The Morgan fingerprint density at radius 3 is 1.75 bits per heavy atom. The van der Waals surface area contributed by atoms with Crippen molar-refractivity contribution in [2.45, 2.75) is 39.3 Å². The van der Waals surface area contributed by atoms with E-state index in [4.69, 9.17) is 14.6 Å². The molecule has 4 nitrogen and oxygen atoms in total. The Labute approximate surface area is 73.1 Å². The van der Waals surface area contributed by atoms with E-state index in [0.29, 0.717) is 13.2 Å². The topological polar surface area (TPSA) is 58.9 Å². The maximum absolute atomic E-state index is 9.35. The smallest absolute Gasteiger partial charge is 0.185 e. The summed E-state index contributed by atoms with van der Waals surface area (Å²) in [7, 11) is 0. The van der Waals surface area contributed by atoms with Crippen LogP contribution in [0.15, 0.2) is 0 Å². The van der Waals surface area contributed by atoms with Crippen LogP contribution in [0.3, 0.4) is 0 Å². The molecule has 0 unspecified atom stereocenters. The molecule has 0 aliphatic carbocycles. The van der Waals surface area contributed by atoms with Crippen LogP contribution in [0.5, 0.6) is 0 Å². The highest BCUT2D eigenvalue weighted by Crippen LogP contribution is 2.05. The van der Waals surface area contributed by atoms with Crippen molar-refractivity contribution in [2.75, 3.05) is 13.2 Å². The fraction of sp³-hybridized carbons (Fsp3) is 1.00. The Kier molecular flexibility index (Phi) is 6.28. The Balaban J connectivity index is 3.89. The summed E-state index contributed by atoms with van der Waals surface area (Å²) in [6.45, 7) is 6.01.